The molecule has 1 fully saturated rings. The molecule has 0 amide bonds. The first-order valence-electron chi connectivity index (χ1n) is 1.37. The van der Waals surface area contributed by atoms with Crippen LogP contribution >= 0.6 is 0 Å². The molecule has 30 valence electrons. The minimum Gasteiger partial charge on any atom is -0.216 e. The van der Waals surface area contributed by atoms with Gasteiger partial charge < -0.3 is 0 Å². The average Bonchev–Trinajstić information content (AvgIpc) is 1.76. The highest BCUT2D eigenvalue weighted by Gasteiger charge is 1.89. The van der Waals surface area contributed by atoms with E-state index in [0.29, 0.717) is 6.67 Å². The molecule has 0 bridgehead atoms. The third kappa shape index (κ3) is 0.555. The second-order valence-electron chi connectivity index (χ2n) is 0.702. The first-order valence-corrected chi connectivity index (χ1v) is 1.37. The second kappa shape index (κ2) is 1.32. The first kappa shape index (κ1) is 3.05. The maximum absolute atomic E-state index is 4.33. The molecule has 3 N–H and O–H groups in total. The van der Waals surface area contributed by atoms with E-state index >= 15 is 0 Å². The van der Waals surface area contributed by atoms with Crippen LogP contribution in [0.15, 0.2) is 0 Å². The summed E-state index contributed by atoms with van der Waals surface area (Å²) in [6.45, 7) is 0.667. The van der Waals surface area contributed by atoms with Gasteiger partial charge in [-0.1, -0.05) is 0 Å². The molecule has 4 nitrogen and oxygen atoms in total. The van der Waals surface area contributed by atoms with Gasteiger partial charge in [0.25, 0.3) is 0 Å². The molecular weight excluding hydrogens is 70.0 g/mol. The Hall–Kier alpha value is -0.160. The number of hydroxylamine groups is 1. The van der Waals surface area contributed by atoms with Crippen LogP contribution in [0.25, 0.3) is 0 Å². The predicted molar refractivity (Wildman–Crippen MR) is 15.4 cm³/mol. The van der Waals surface area contributed by atoms with Gasteiger partial charge in [-0.15, -0.1) is 5.59 Å². The molecule has 0 unspecified atom stereocenters. The summed E-state index contributed by atoms with van der Waals surface area (Å²) in [5.74, 6) is 0. The Bertz CT molecular complexity index is 18.5. The number of hydrogen-bond donors (Lipinski definition) is 3. The Morgan fingerprint density at radius 2 is 2.60 bits per heavy atom. The summed E-state index contributed by atoms with van der Waals surface area (Å²) >= 11 is 0. The smallest absolute Gasteiger partial charge is 0.0872 e. The van der Waals surface area contributed by atoms with Crippen LogP contribution in [0.2, 0.25) is 0 Å². The van der Waals surface area contributed by atoms with Crippen LogP contribution in [-0.2, 0) is 4.94 Å². The van der Waals surface area contributed by atoms with Gasteiger partial charge in [-0.2, -0.15) is 10.4 Å². The number of hydrogen-bond acceptors (Lipinski definition) is 4. The zero-order valence-electron chi connectivity index (χ0n) is 2.62. The quantitative estimate of drug-likeness (QED) is 0.327. The molecule has 0 atom stereocenters. The molecule has 5 heavy (non-hydrogen) atoms. The van der Waals surface area contributed by atoms with Crippen LogP contribution in [0.5, 0.6) is 0 Å². The van der Waals surface area contributed by atoms with Crippen molar-refractivity contribution < 1.29 is 4.94 Å². The average molecular weight is 75.1 g/mol. The van der Waals surface area contributed by atoms with Crippen molar-refractivity contribution in [3.05, 3.63) is 0 Å². The van der Waals surface area contributed by atoms with Crippen LogP contribution in [0.1, 0.15) is 0 Å². The molecule has 1 rings (SSSR count). The molecule has 1 aliphatic heterocycles. The zero-order chi connectivity index (χ0) is 3.54. The van der Waals surface area contributed by atoms with Crippen molar-refractivity contribution in [2.45, 2.75) is 0 Å². The molecule has 0 aromatic heterocycles. The molecule has 4 heteroatoms. The molecule has 0 radical (unpaired) electrons. The van der Waals surface area contributed by atoms with E-state index < -0.39 is 0 Å². The van der Waals surface area contributed by atoms with Crippen molar-refractivity contribution in [2.24, 2.45) is 0 Å². The summed E-state index contributed by atoms with van der Waals surface area (Å²) in [7, 11) is 0. The Morgan fingerprint density at radius 3 is 2.80 bits per heavy atom. The van der Waals surface area contributed by atoms with E-state index in [4.69, 9.17) is 0 Å². The monoisotopic (exact) mass is 75.0 g/mol. The van der Waals surface area contributed by atoms with Gasteiger partial charge in [0.2, 0.25) is 0 Å². The number of hydrazine groups is 1. The second-order valence-corrected chi connectivity index (χ2v) is 0.702. The fourth-order valence-corrected chi connectivity index (χ4v) is 0.180. The number of nitrogens with one attached hydrogen (secondary N) is 3. The van der Waals surface area contributed by atoms with Crippen LogP contribution in [0, 0.1) is 0 Å². The zero-order valence-corrected chi connectivity index (χ0v) is 2.62. The summed E-state index contributed by atoms with van der Waals surface area (Å²) in [4.78, 5) is 4.33. The predicted octanol–water partition coefficient (Wildman–Crippen LogP) is -1.51. The third-order valence-corrected chi connectivity index (χ3v) is 0.356. The summed E-state index contributed by atoms with van der Waals surface area (Å²) in [5.41, 5.74) is 7.50. The summed E-state index contributed by atoms with van der Waals surface area (Å²) in [6.07, 6.45) is 0. The van der Waals surface area contributed by atoms with E-state index in [1.54, 1.807) is 0 Å². The summed E-state index contributed by atoms with van der Waals surface area (Å²) < 4.78 is 0. The summed E-state index contributed by atoms with van der Waals surface area (Å²) in [6, 6.07) is 0. The molecule has 1 aliphatic rings. The van der Waals surface area contributed by atoms with Gasteiger partial charge in [0.15, 0.2) is 0 Å². The maximum Gasteiger partial charge on any atom is 0.0872 e. The highest BCUT2D eigenvalue weighted by molar-refractivity contribution is 4.22. The standard InChI is InChI=1S/CH5N3O/c1-2-4-5-3-1/h2-4H,1H2. The van der Waals surface area contributed by atoms with E-state index in [1.807, 2.05) is 0 Å². The minimum absolute atomic E-state index is 0.667. The van der Waals surface area contributed by atoms with E-state index in [0.717, 1.165) is 0 Å². The lowest BCUT2D eigenvalue weighted by molar-refractivity contribution is 0.0125. The van der Waals surface area contributed by atoms with Crippen molar-refractivity contribution in [3.8, 4) is 0 Å². The summed E-state index contributed by atoms with van der Waals surface area (Å²) in [5, 5.41) is 0. The molecule has 0 aliphatic carbocycles. The Morgan fingerprint density at radius 1 is 1.60 bits per heavy atom. The molecule has 1 heterocycles. The van der Waals surface area contributed by atoms with Crippen LogP contribution in [0.3, 0.4) is 0 Å². The van der Waals surface area contributed by atoms with Gasteiger partial charge >= 0.3 is 0 Å². The fourth-order valence-electron chi connectivity index (χ4n) is 0.180. The highest BCUT2D eigenvalue weighted by atomic mass is 16.8. The van der Waals surface area contributed by atoms with E-state index in [9.17, 15) is 0 Å². The Labute approximate surface area is 29.4 Å². The highest BCUT2D eigenvalue weighted by Crippen LogP contribution is 1.55. The third-order valence-electron chi connectivity index (χ3n) is 0.356. The topological polar surface area (TPSA) is 45.3 Å². The van der Waals surface area contributed by atoms with Crippen LogP contribution < -0.4 is 16.5 Å². The fraction of sp³-hybridized carbons (Fsp3) is 1.00. The van der Waals surface area contributed by atoms with Gasteiger partial charge in [0, 0.05) is 0 Å². The molecule has 0 aromatic carbocycles. The lowest BCUT2D eigenvalue weighted by atomic mass is 11.2. The SMILES string of the molecule is C1NNON1. The lowest BCUT2D eigenvalue weighted by Gasteiger charge is -1.78. The van der Waals surface area contributed by atoms with Crippen LogP contribution in [0.4, 0.5) is 0 Å². The molecule has 0 saturated carbocycles. The number of rotatable bonds is 0. The minimum atomic E-state index is 0.667. The Kier molecular flexibility index (Phi) is 0.806. The van der Waals surface area contributed by atoms with Gasteiger partial charge in [0.05, 0.1) is 6.67 Å². The van der Waals surface area contributed by atoms with Crippen molar-refractivity contribution in [3.63, 3.8) is 0 Å². The maximum atomic E-state index is 4.33. The Balaban J connectivity index is 2.08. The molecule has 0 aromatic rings. The van der Waals surface area contributed by atoms with Gasteiger partial charge in [-0.3, -0.25) is 0 Å². The largest absolute Gasteiger partial charge is 0.216 e. The lowest BCUT2D eigenvalue weighted by Crippen LogP contribution is -2.20. The van der Waals surface area contributed by atoms with Gasteiger partial charge in [0.1, 0.15) is 0 Å². The van der Waals surface area contributed by atoms with E-state index in [2.05, 4.69) is 21.4 Å². The van der Waals surface area contributed by atoms with Crippen molar-refractivity contribution >= 4 is 0 Å². The van der Waals surface area contributed by atoms with Crippen LogP contribution in [-0.4, -0.2) is 6.67 Å². The van der Waals surface area contributed by atoms with E-state index in [-0.39, 0.29) is 0 Å². The molecule has 1 saturated heterocycles. The molecular formula is CH5N3O. The first-order chi connectivity index (χ1) is 2.50. The van der Waals surface area contributed by atoms with Gasteiger partial charge in [-0.25, -0.2) is 5.43 Å². The van der Waals surface area contributed by atoms with Crippen molar-refractivity contribution in [2.75, 3.05) is 6.67 Å². The van der Waals surface area contributed by atoms with Gasteiger partial charge in [-0.05, 0) is 0 Å². The van der Waals surface area contributed by atoms with E-state index in [1.165, 1.54) is 0 Å². The molecule has 0 spiro atoms. The van der Waals surface area contributed by atoms with Crippen molar-refractivity contribution in [1.82, 2.24) is 16.5 Å². The normalized spacial score (nSPS) is 24.0. The van der Waals surface area contributed by atoms with Crippen molar-refractivity contribution in [1.29, 1.82) is 0 Å².